The Morgan fingerprint density at radius 3 is 2.84 bits per heavy atom. The van der Waals surface area contributed by atoms with E-state index < -0.39 is 0 Å². The molecule has 6 heteroatoms. The Kier molecular flexibility index (Phi) is 5.46. The number of pyridine rings is 1. The number of hydrogen-bond donors (Lipinski definition) is 1. The molecule has 3 aromatic rings. The Hall–Kier alpha value is -2.66. The Morgan fingerprint density at radius 2 is 2.12 bits per heavy atom. The highest BCUT2D eigenvalue weighted by Crippen LogP contribution is 2.19. The van der Waals surface area contributed by atoms with Crippen LogP contribution >= 0.6 is 11.6 Å². The summed E-state index contributed by atoms with van der Waals surface area (Å²) in [7, 11) is 0. The molecular formula is C19H19ClN4O. The third kappa shape index (κ3) is 4.06. The summed E-state index contributed by atoms with van der Waals surface area (Å²) >= 11 is 6.06. The van der Waals surface area contributed by atoms with Gasteiger partial charge in [0.15, 0.2) is 0 Å². The molecule has 1 amide bonds. The van der Waals surface area contributed by atoms with Crippen LogP contribution in [0.4, 0.5) is 0 Å². The number of nitrogens with one attached hydrogen (secondary N) is 1. The van der Waals surface area contributed by atoms with Gasteiger partial charge < -0.3 is 5.32 Å². The first kappa shape index (κ1) is 17.2. The Labute approximate surface area is 151 Å². The van der Waals surface area contributed by atoms with Crippen molar-refractivity contribution in [2.75, 3.05) is 6.54 Å². The minimum atomic E-state index is -0.124. The fourth-order valence-corrected chi connectivity index (χ4v) is 2.86. The SMILES string of the molecule is CCc1c(C(=O)NCCc2ccccn2)cnn1-c1cccc(Cl)c1. The lowest BCUT2D eigenvalue weighted by atomic mass is 10.2. The van der Waals surface area contributed by atoms with Gasteiger partial charge in [-0.2, -0.15) is 5.10 Å². The number of carbonyl (C=O) groups is 1. The minimum absolute atomic E-state index is 0.124. The lowest BCUT2D eigenvalue weighted by Crippen LogP contribution is -2.26. The topological polar surface area (TPSA) is 59.8 Å². The highest BCUT2D eigenvalue weighted by atomic mass is 35.5. The molecule has 128 valence electrons. The molecule has 0 spiro atoms. The van der Waals surface area contributed by atoms with Crippen molar-refractivity contribution in [2.24, 2.45) is 0 Å². The molecule has 0 aliphatic carbocycles. The molecule has 2 aromatic heterocycles. The van der Waals surface area contributed by atoms with Crippen molar-refractivity contribution < 1.29 is 4.79 Å². The summed E-state index contributed by atoms with van der Waals surface area (Å²) in [5.74, 6) is -0.124. The summed E-state index contributed by atoms with van der Waals surface area (Å²) in [6, 6.07) is 13.2. The number of rotatable bonds is 6. The van der Waals surface area contributed by atoms with Crippen molar-refractivity contribution in [3.05, 3.63) is 76.8 Å². The summed E-state index contributed by atoms with van der Waals surface area (Å²) in [6.45, 7) is 2.53. The normalized spacial score (nSPS) is 10.6. The number of aromatic nitrogens is 3. The Balaban J connectivity index is 1.72. The fourth-order valence-electron chi connectivity index (χ4n) is 2.68. The molecular weight excluding hydrogens is 336 g/mol. The molecule has 0 radical (unpaired) electrons. The third-order valence-corrected chi connectivity index (χ3v) is 4.13. The molecule has 1 N–H and O–H groups in total. The van der Waals surface area contributed by atoms with Crippen molar-refractivity contribution in [3.63, 3.8) is 0 Å². The van der Waals surface area contributed by atoms with E-state index in [-0.39, 0.29) is 5.91 Å². The van der Waals surface area contributed by atoms with E-state index in [1.54, 1.807) is 17.1 Å². The Morgan fingerprint density at radius 1 is 1.24 bits per heavy atom. The van der Waals surface area contributed by atoms with Gasteiger partial charge in [0.05, 0.1) is 23.1 Å². The lowest BCUT2D eigenvalue weighted by Gasteiger charge is -2.09. The van der Waals surface area contributed by atoms with Gasteiger partial charge in [-0.25, -0.2) is 4.68 Å². The van der Waals surface area contributed by atoms with Crippen LogP contribution in [0.5, 0.6) is 0 Å². The van der Waals surface area contributed by atoms with E-state index in [2.05, 4.69) is 15.4 Å². The van der Waals surface area contributed by atoms with Gasteiger partial charge in [0.1, 0.15) is 0 Å². The third-order valence-electron chi connectivity index (χ3n) is 3.89. The predicted octanol–water partition coefficient (Wildman–Crippen LogP) is 3.46. The zero-order chi connectivity index (χ0) is 17.6. The molecule has 0 saturated heterocycles. The van der Waals surface area contributed by atoms with E-state index in [4.69, 9.17) is 11.6 Å². The number of halogens is 1. The molecule has 1 aromatic carbocycles. The number of amides is 1. The van der Waals surface area contributed by atoms with Gasteiger partial charge in [0, 0.05) is 29.9 Å². The second kappa shape index (κ2) is 7.94. The molecule has 0 bridgehead atoms. The van der Waals surface area contributed by atoms with Crippen molar-refractivity contribution in [3.8, 4) is 5.69 Å². The molecule has 5 nitrogen and oxygen atoms in total. The van der Waals surface area contributed by atoms with Gasteiger partial charge >= 0.3 is 0 Å². The molecule has 0 aliphatic rings. The predicted molar refractivity (Wildman–Crippen MR) is 98.2 cm³/mol. The van der Waals surface area contributed by atoms with Crippen LogP contribution in [0.3, 0.4) is 0 Å². The summed E-state index contributed by atoms with van der Waals surface area (Å²) in [5.41, 5.74) is 3.24. The molecule has 0 atom stereocenters. The number of benzene rings is 1. The molecule has 2 heterocycles. The number of hydrogen-bond acceptors (Lipinski definition) is 3. The van der Waals surface area contributed by atoms with Gasteiger partial charge in [-0.05, 0) is 36.8 Å². The van der Waals surface area contributed by atoms with E-state index in [0.29, 0.717) is 30.0 Å². The monoisotopic (exact) mass is 354 g/mol. The van der Waals surface area contributed by atoms with E-state index in [1.165, 1.54) is 0 Å². The van der Waals surface area contributed by atoms with Gasteiger partial charge in [-0.3, -0.25) is 9.78 Å². The molecule has 0 unspecified atom stereocenters. The van der Waals surface area contributed by atoms with Crippen LogP contribution in [-0.4, -0.2) is 27.2 Å². The number of carbonyl (C=O) groups excluding carboxylic acids is 1. The van der Waals surface area contributed by atoms with Gasteiger partial charge in [0.25, 0.3) is 5.91 Å². The minimum Gasteiger partial charge on any atom is -0.352 e. The quantitative estimate of drug-likeness (QED) is 0.737. The Bertz CT molecular complexity index is 861. The van der Waals surface area contributed by atoms with E-state index >= 15 is 0 Å². The molecule has 3 rings (SSSR count). The first-order chi connectivity index (χ1) is 12.2. The maximum atomic E-state index is 12.5. The lowest BCUT2D eigenvalue weighted by molar-refractivity contribution is 0.0953. The highest BCUT2D eigenvalue weighted by molar-refractivity contribution is 6.30. The van der Waals surface area contributed by atoms with Crippen LogP contribution in [0.25, 0.3) is 5.69 Å². The second-order valence-electron chi connectivity index (χ2n) is 5.58. The van der Waals surface area contributed by atoms with Crippen molar-refractivity contribution >= 4 is 17.5 Å². The summed E-state index contributed by atoms with van der Waals surface area (Å²) in [5, 5.41) is 7.95. The largest absolute Gasteiger partial charge is 0.352 e. The van der Waals surface area contributed by atoms with E-state index in [0.717, 1.165) is 17.1 Å². The van der Waals surface area contributed by atoms with Crippen LogP contribution in [0.15, 0.2) is 54.9 Å². The van der Waals surface area contributed by atoms with Crippen LogP contribution < -0.4 is 5.32 Å². The van der Waals surface area contributed by atoms with Gasteiger partial charge in [0.2, 0.25) is 0 Å². The average Bonchev–Trinajstić information content (AvgIpc) is 3.06. The van der Waals surface area contributed by atoms with E-state index in [9.17, 15) is 4.79 Å². The molecule has 0 aliphatic heterocycles. The van der Waals surface area contributed by atoms with Crippen LogP contribution in [-0.2, 0) is 12.8 Å². The van der Waals surface area contributed by atoms with Crippen molar-refractivity contribution in [2.45, 2.75) is 19.8 Å². The van der Waals surface area contributed by atoms with Crippen molar-refractivity contribution in [1.29, 1.82) is 0 Å². The molecule has 0 fully saturated rings. The van der Waals surface area contributed by atoms with Gasteiger partial charge in [-0.15, -0.1) is 0 Å². The van der Waals surface area contributed by atoms with Crippen LogP contribution in [0.1, 0.15) is 28.7 Å². The summed E-state index contributed by atoms with van der Waals surface area (Å²) in [6.07, 6.45) is 4.74. The second-order valence-corrected chi connectivity index (χ2v) is 6.01. The van der Waals surface area contributed by atoms with Crippen molar-refractivity contribution in [1.82, 2.24) is 20.1 Å². The highest BCUT2D eigenvalue weighted by Gasteiger charge is 2.17. The first-order valence-electron chi connectivity index (χ1n) is 8.20. The zero-order valence-corrected chi connectivity index (χ0v) is 14.7. The molecule has 0 saturated carbocycles. The van der Waals surface area contributed by atoms with Gasteiger partial charge in [-0.1, -0.05) is 30.7 Å². The maximum absolute atomic E-state index is 12.5. The average molecular weight is 355 g/mol. The number of nitrogens with zero attached hydrogens (tertiary/aromatic N) is 3. The fraction of sp³-hybridized carbons (Fsp3) is 0.211. The summed E-state index contributed by atoms with van der Waals surface area (Å²) < 4.78 is 1.76. The zero-order valence-electron chi connectivity index (χ0n) is 13.9. The smallest absolute Gasteiger partial charge is 0.254 e. The summed E-state index contributed by atoms with van der Waals surface area (Å²) in [4.78, 5) is 16.8. The van der Waals surface area contributed by atoms with Crippen LogP contribution in [0.2, 0.25) is 5.02 Å². The maximum Gasteiger partial charge on any atom is 0.254 e. The van der Waals surface area contributed by atoms with Crippen LogP contribution in [0, 0.1) is 0 Å². The molecule has 25 heavy (non-hydrogen) atoms. The van der Waals surface area contributed by atoms with E-state index in [1.807, 2.05) is 49.4 Å². The first-order valence-corrected chi connectivity index (χ1v) is 8.57. The standard InChI is InChI=1S/C19H19ClN4O/c1-2-18-17(13-23-24(18)16-8-5-6-14(20)12-16)19(25)22-11-9-15-7-3-4-10-21-15/h3-8,10,12-13H,2,9,11H2,1H3,(H,22,25).